The molecule has 1 atom stereocenters. The van der Waals surface area contributed by atoms with Gasteiger partial charge in [0.15, 0.2) is 0 Å². The minimum atomic E-state index is 0. The van der Waals surface area contributed by atoms with Gasteiger partial charge in [0, 0.05) is 6.54 Å². The number of likely N-dealkylation sites (N-methyl/N-ethyl adjacent to an activating group) is 1. The van der Waals surface area contributed by atoms with E-state index in [1.807, 2.05) is 0 Å². The van der Waals surface area contributed by atoms with Crippen LogP contribution in [0.3, 0.4) is 0 Å². The minimum absolute atomic E-state index is 0. The SMILES string of the molecule is CN(C)C1CNN1.Cl.Cl. The quantitative estimate of drug-likeness (QED) is 0.577. The zero-order valence-electron chi connectivity index (χ0n) is 5.55. The fourth-order valence-corrected chi connectivity index (χ4v) is 0.505. The van der Waals surface area contributed by atoms with Crippen LogP contribution in [-0.4, -0.2) is 31.7 Å². The molecule has 0 aromatic rings. The van der Waals surface area contributed by atoms with Crippen molar-refractivity contribution in [2.24, 2.45) is 0 Å². The molecule has 0 bridgehead atoms. The van der Waals surface area contributed by atoms with E-state index >= 15 is 0 Å². The Kier molecular flexibility index (Phi) is 7.11. The molecule has 1 aliphatic heterocycles. The van der Waals surface area contributed by atoms with Gasteiger partial charge < -0.3 is 0 Å². The Morgan fingerprint density at radius 1 is 1.33 bits per heavy atom. The zero-order chi connectivity index (χ0) is 5.28. The molecule has 0 spiro atoms. The van der Waals surface area contributed by atoms with Gasteiger partial charge in [0.1, 0.15) is 0 Å². The second-order valence-electron chi connectivity index (χ2n) is 2.00. The maximum Gasteiger partial charge on any atom is 0.0864 e. The number of nitrogens with zero attached hydrogens (tertiary/aromatic N) is 1. The maximum atomic E-state index is 3.02. The van der Waals surface area contributed by atoms with Gasteiger partial charge in [-0.1, -0.05) is 0 Å². The van der Waals surface area contributed by atoms with E-state index in [1.54, 1.807) is 0 Å². The summed E-state index contributed by atoms with van der Waals surface area (Å²) in [4.78, 5) is 2.14. The van der Waals surface area contributed by atoms with E-state index in [2.05, 4.69) is 29.8 Å². The van der Waals surface area contributed by atoms with Gasteiger partial charge in [-0.3, -0.25) is 10.3 Å². The van der Waals surface area contributed by atoms with Crippen molar-refractivity contribution in [3.8, 4) is 0 Å². The highest BCUT2D eigenvalue weighted by atomic mass is 35.5. The van der Waals surface area contributed by atoms with Crippen molar-refractivity contribution in [3.63, 3.8) is 0 Å². The fraction of sp³-hybridized carbons (Fsp3) is 1.00. The monoisotopic (exact) mass is 173 g/mol. The summed E-state index contributed by atoms with van der Waals surface area (Å²) in [6.07, 6.45) is 0.556. The molecule has 0 radical (unpaired) electrons. The third-order valence-electron chi connectivity index (χ3n) is 1.19. The van der Waals surface area contributed by atoms with E-state index in [1.165, 1.54) is 0 Å². The third kappa shape index (κ3) is 3.23. The molecule has 1 saturated heterocycles. The summed E-state index contributed by atoms with van der Waals surface area (Å²) in [5.41, 5.74) is 5.97. The molecule has 1 fully saturated rings. The summed E-state index contributed by atoms with van der Waals surface area (Å²) < 4.78 is 0. The molecule has 58 valence electrons. The van der Waals surface area contributed by atoms with Gasteiger partial charge in [-0.05, 0) is 14.1 Å². The number of hydrogen-bond donors (Lipinski definition) is 2. The van der Waals surface area contributed by atoms with E-state index in [4.69, 9.17) is 0 Å². The van der Waals surface area contributed by atoms with E-state index < -0.39 is 0 Å². The van der Waals surface area contributed by atoms with Gasteiger partial charge >= 0.3 is 0 Å². The van der Waals surface area contributed by atoms with E-state index in [0.29, 0.717) is 6.17 Å². The number of hydrogen-bond acceptors (Lipinski definition) is 3. The normalized spacial score (nSPS) is 23.7. The second kappa shape index (κ2) is 5.26. The first-order valence-corrected chi connectivity index (χ1v) is 2.45. The molecule has 2 N–H and O–H groups in total. The van der Waals surface area contributed by atoms with Crippen LogP contribution in [0.4, 0.5) is 0 Å². The molecule has 1 heterocycles. The Labute approximate surface area is 68.0 Å². The smallest absolute Gasteiger partial charge is 0.0864 e. The van der Waals surface area contributed by atoms with Crippen LogP contribution in [0, 0.1) is 0 Å². The Hall–Kier alpha value is 0.460. The number of rotatable bonds is 1. The molecule has 0 aromatic carbocycles. The molecule has 5 heteroatoms. The molecule has 0 aromatic heterocycles. The average molecular weight is 174 g/mol. The summed E-state index contributed by atoms with van der Waals surface area (Å²) in [5.74, 6) is 0. The molecule has 1 unspecified atom stereocenters. The molecule has 3 nitrogen and oxygen atoms in total. The lowest BCUT2D eigenvalue weighted by Crippen LogP contribution is -2.64. The first-order valence-electron chi connectivity index (χ1n) is 2.45. The Balaban J connectivity index is 0. The van der Waals surface area contributed by atoms with Crippen LogP contribution >= 0.6 is 24.8 Å². The lowest BCUT2D eigenvalue weighted by Gasteiger charge is -2.33. The minimum Gasteiger partial charge on any atom is -0.292 e. The van der Waals surface area contributed by atoms with Crippen molar-refractivity contribution in [2.45, 2.75) is 6.17 Å². The van der Waals surface area contributed by atoms with Gasteiger partial charge in [0.25, 0.3) is 0 Å². The molecule has 0 amide bonds. The topological polar surface area (TPSA) is 27.3 Å². The van der Waals surface area contributed by atoms with Crippen molar-refractivity contribution < 1.29 is 0 Å². The molecular weight excluding hydrogens is 161 g/mol. The van der Waals surface area contributed by atoms with Gasteiger partial charge in [0.2, 0.25) is 0 Å². The predicted octanol–water partition coefficient (Wildman–Crippen LogP) is -0.175. The lowest BCUT2D eigenvalue weighted by molar-refractivity contribution is 0.138. The van der Waals surface area contributed by atoms with E-state index in [-0.39, 0.29) is 24.8 Å². The van der Waals surface area contributed by atoms with Crippen molar-refractivity contribution in [3.05, 3.63) is 0 Å². The molecule has 0 saturated carbocycles. The summed E-state index contributed by atoms with van der Waals surface area (Å²) in [7, 11) is 4.11. The largest absolute Gasteiger partial charge is 0.292 e. The van der Waals surface area contributed by atoms with Crippen LogP contribution in [0.25, 0.3) is 0 Å². The molecule has 0 aliphatic carbocycles. The summed E-state index contributed by atoms with van der Waals surface area (Å²) in [6.45, 7) is 1.06. The van der Waals surface area contributed by atoms with Crippen LogP contribution in [0.1, 0.15) is 0 Å². The number of nitrogens with one attached hydrogen (secondary N) is 2. The fourth-order valence-electron chi connectivity index (χ4n) is 0.505. The Bertz CT molecular complexity index is 64.8. The van der Waals surface area contributed by atoms with Crippen LogP contribution < -0.4 is 10.9 Å². The number of hydrazine groups is 1. The predicted molar refractivity (Wildman–Crippen MR) is 43.1 cm³/mol. The van der Waals surface area contributed by atoms with Crippen molar-refractivity contribution in [1.82, 2.24) is 15.8 Å². The third-order valence-corrected chi connectivity index (χ3v) is 1.19. The van der Waals surface area contributed by atoms with Crippen molar-refractivity contribution >= 4 is 24.8 Å². The van der Waals surface area contributed by atoms with Crippen molar-refractivity contribution in [2.75, 3.05) is 20.6 Å². The van der Waals surface area contributed by atoms with Crippen LogP contribution in [0.2, 0.25) is 0 Å². The highest BCUT2D eigenvalue weighted by molar-refractivity contribution is 5.85. The second-order valence-corrected chi connectivity index (χ2v) is 2.00. The van der Waals surface area contributed by atoms with Gasteiger partial charge in [-0.15, -0.1) is 24.8 Å². The van der Waals surface area contributed by atoms with Crippen LogP contribution in [-0.2, 0) is 0 Å². The molecule has 9 heavy (non-hydrogen) atoms. The molecular formula is C4H13Cl2N3. The number of halogens is 2. The van der Waals surface area contributed by atoms with Crippen LogP contribution in [0.15, 0.2) is 0 Å². The van der Waals surface area contributed by atoms with Crippen LogP contribution in [0.5, 0.6) is 0 Å². The lowest BCUT2D eigenvalue weighted by atomic mass is 10.4. The van der Waals surface area contributed by atoms with E-state index in [0.717, 1.165) is 6.54 Å². The molecule has 1 aliphatic rings. The van der Waals surface area contributed by atoms with Gasteiger partial charge in [-0.2, -0.15) is 0 Å². The Morgan fingerprint density at radius 2 is 1.78 bits per heavy atom. The Morgan fingerprint density at radius 3 is 1.78 bits per heavy atom. The first-order chi connectivity index (χ1) is 3.30. The summed E-state index contributed by atoms with van der Waals surface area (Å²) in [5, 5.41) is 0. The highest BCUT2D eigenvalue weighted by Gasteiger charge is 2.16. The maximum absolute atomic E-state index is 3.02. The first kappa shape index (κ1) is 12.2. The highest BCUT2D eigenvalue weighted by Crippen LogP contribution is 1.89. The molecule has 1 rings (SSSR count). The average Bonchev–Trinajstić information content (AvgIpc) is 1.23. The van der Waals surface area contributed by atoms with E-state index in [9.17, 15) is 0 Å². The van der Waals surface area contributed by atoms with Crippen molar-refractivity contribution in [1.29, 1.82) is 0 Å². The van der Waals surface area contributed by atoms with Gasteiger partial charge in [-0.25, -0.2) is 5.43 Å². The summed E-state index contributed by atoms with van der Waals surface area (Å²) in [6, 6.07) is 0. The van der Waals surface area contributed by atoms with Gasteiger partial charge in [0.05, 0.1) is 6.17 Å². The summed E-state index contributed by atoms with van der Waals surface area (Å²) >= 11 is 0. The zero-order valence-corrected chi connectivity index (χ0v) is 7.18. The standard InChI is InChI=1S/C4H11N3.2ClH/c1-7(2)4-3-5-6-4;;/h4-6H,3H2,1-2H3;2*1H.